The summed E-state index contributed by atoms with van der Waals surface area (Å²) in [5.74, 6) is -2.40. The minimum Gasteiger partial charge on any atom is -0.477 e. The zero-order valence-corrected chi connectivity index (χ0v) is 20.9. The van der Waals surface area contributed by atoms with Gasteiger partial charge in [-0.2, -0.15) is 5.26 Å². The number of nitrogens with zero attached hydrogens (tertiary/aromatic N) is 5. The van der Waals surface area contributed by atoms with Crippen molar-refractivity contribution in [2.24, 2.45) is 9.98 Å². The highest BCUT2D eigenvalue weighted by atomic mass is 19.1. The number of carboxylic acids is 1. The minimum absolute atomic E-state index is 0.0403. The van der Waals surface area contributed by atoms with Gasteiger partial charge >= 0.3 is 17.3 Å². The summed E-state index contributed by atoms with van der Waals surface area (Å²) in [6.45, 7) is 4.76. The highest BCUT2D eigenvalue weighted by Crippen LogP contribution is 2.23. The van der Waals surface area contributed by atoms with Gasteiger partial charge in [-0.05, 0) is 31.5 Å². The Morgan fingerprint density at radius 1 is 1.21 bits per heavy atom. The van der Waals surface area contributed by atoms with Crippen molar-refractivity contribution >= 4 is 17.6 Å². The number of ether oxygens (including phenoxy) is 1. The second-order valence-electron chi connectivity index (χ2n) is 8.11. The van der Waals surface area contributed by atoms with E-state index in [9.17, 15) is 18.8 Å². The molecule has 0 aliphatic rings. The van der Waals surface area contributed by atoms with E-state index in [0.717, 1.165) is 21.8 Å². The van der Waals surface area contributed by atoms with E-state index in [4.69, 9.17) is 15.1 Å². The van der Waals surface area contributed by atoms with Crippen LogP contribution in [0.3, 0.4) is 0 Å². The van der Waals surface area contributed by atoms with Crippen LogP contribution in [0, 0.1) is 24.1 Å². The first-order valence-corrected chi connectivity index (χ1v) is 11.5. The first-order valence-electron chi connectivity index (χ1n) is 11.5. The number of aliphatic carboxylic acids is 1. The smallest absolute Gasteiger partial charge is 0.354 e. The van der Waals surface area contributed by atoms with E-state index >= 15 is 0 Å². The topological polar surface area (TPSA) is 155 Å². The van der Waals surface area contributed by atoms with Crippen LogP contribution in [-0.4, -0.2) is 31.1 Å². The third-order valence-corrected chi connectivity index (χ3v) is 5.27. The lowest BCUT2D eigenvalue weighted by atomic mass is 10.1. The van der Waals surface area contributed by atoms with Crippen LogP contribution in [0.4, 0.5) is 10.1 Å². The number of aliphatic imine (C=N–C) groups is 1. The maximum atomic E-state index is 14.8. The molecule has 0 saturated heterocycles. The molecule has 1 heterocycles. The van der Waals surface area contributed by atoms with Gasteiger partial charge in [0.15, 0.2) is 17.5 Å². The molecule has 2 N–H and O–H groups in total. The van der Waals surface area contributed by atoms with Crippen LogP contribution >= 0.6 is 0 Å². The molecule has 0 aliphatic heterocycles. The van der Waals surface area contributed by atoms with Gasteiger partial charge in [0.05, 0.1) is 24.7 Å². The maximum Gasteiger partial charge on any atom is 0.354 e. The number of benzene rings is 2. The summed E-state index contributed by atoms with van der Waals surface area (Å²) in [6.07, 6.45) is 1.23. The monoisotopic (exact) mass is 520 g/mol. The SMILES string of the molecule is C/C=C(\N=C(/C)Oc1ccc(/N=c2\[nH]c(=O)n(CCC#N)c(=O)n2Cc2ccc(C)cc2)cc1F)C(=O)O. The Balaban J connectivity index is 2.05. The molecule has 2 aromatic carbocycles. The molecule has 0 saturated carbocycles. The van der Waals surface area contributed by atoms with Crippen molar-refractivity contribution in [1.29, 1.82) is 5.26 Å². The average molecular weight is 521 g/mol. The van der Waals surface area contributed by atoms with Gasteiger partial charge in [-0.25, -0.2) is 33.3 Å². The van der Waals surface area contributed by atoms with E-state index in [1.807, 2.05) is 37.3 Å². The summed E-state index contributed by atoms with van der Waals surface area (Å²) in [6, 6.07) is 13.0. The summed E-state index contributed by atoms with van der Waals surface area (Å²) in [7, 11) is 0. The lowest BCUT2D eigenvalue weighted by Gasteiger charge is -2.11. The number of halogens is 1. The van der Waals surface area contributed by atoms with Gasteiger partial charge in [0.2, 0.25) is 5.62 Å². The van der Waals surface area contributed by atoms with Crippen LogP contribution in [0.5, 0.6) is 5.75 Å². The normalized spacial score (nSPS) is 12.3. The zero-order valence-electron chi connectivity index (χ0n) is 20.9. The first-order chi connectivity index (χ1) is 18.1. The number of nitriles is 1. The van der Waals surface area contributed by atoms with Gasteiger partial charge in [-0.15, -0.1) is 0 Å². The Morgan fingerprint density at radius 3 is 2.53 bits per heavy atom. The van der Waals surface area contributed by atoms with Crippen molar-refractivity contribution in [3.63, 3.8) is 0 Å². The van der Waals surface area contributed by atoms with Crippen molar-refractivity contribution in [3.05, 3.63) is 97.8 Å². The number of carboxylic acid groups (broad SMARTS) is 1. The number of H-pyrrole nitrogens is 1. The lowest BCUT2D eigenvalue weighted by molar-refractivity contribution is -0.132. The molecule has 0 bridgehead atoms. The number of nitrogens with one attached hydrogen (secondary N) is 1. The summed E-state index contributed by atoms with van der Waals surface area (Å²) >= 11 is 0. The standard InChI is InChI=1S/C26H25FN6O5/c1-4-21(23(34)35)29-17(3)38-22-11-10-19(14-20(22)27)30-24-31-25(36)32(13-5-12-28)26(37)33(24)15-18-8-6-16(2)7-9-18/h4,6-11,14H,5,13,15H2,1-3H3,(H,34,35)(H,30,31,36)/b21-4-,29-17+. The summed E-state index contributed by atoms with van der Waals surface area (Å²) in [5.41, 5.74) is 0.0639. The van der Waals surface area contributed by atoms with Crippen molar-refractivity contribution in [2.75, 3.05) is 0 Å². The van der Waals surface area contributed by atoms with Crippen molar-refractivity contribution < 1.29 is 19.0 Å². The van der Waals surface area contributed by atoms with E-state index < -0.39 is 23.2 Å². The minimum atomic E-state index is -1.26. The number of carbonyl (C=O) groups is 1. The second kappa shape index (κ2) is 12.3. The second-order valence-corrected chi connectivity index (χ2v) is 8.11. The largest absolute Gasteiger partial charge is 0.477 e. The molecule has 0 radical (unpaired) electrons. The molecule has 11 nitrogen and oxygen atoms in total. The Hall–Kier alpha value is -5.05. The van der Waals surface area contributed by atoms with Gasteiger partial charge in [-0.1, -0.05) is 35.9 Å². The highest BCUT2D eigenvalue weighted by Gasteiger charge is 2.12. The van der Waals surface area contributed by atoms with Gasteiger partial charge in [0, 0.05) is 19.5 Å². The van der Waals surface area contributed by atoms with Crippen molar-refractivity contribution in [1.82, 2.24) is 14.1 Å². The number of rotatable bonds is 8. The predicted molar refractivity (Wildman–Crippen MR) is 137 cm³/mol. The predicted octanol–water partition coefficient (Wildman–Crippen LogP) is 2.77. The number of hydrogen-bond acceptors (Lipinski definition) is 7. The van der Waals surface area contributed by atoms with Crippen LogP contribution < -0.4 is 21.7 Å². The number of aromatic amines is 1. The molecular weight excluding hydrogens is 495 g/mol. The Kier molecular flexibility index (Phi) is 8.89. The summed E-state index contributed by atoms with van der Waals surface area (Å²) in [5, 5.41) is 18.0. The fourth-order valence-corrected chi connectivity index (χ4v) is 3.37. The molecule has 0 spiro atoms. The Bertz CT molecular complexity index is 1640. The van der Waals surface area contributed by atoms with Gasteiger partial charge < -0.3 is 9.84 Å². The van der Waals surface area contributed by atoms with Crippen molar-refractivity contribution in [3.8, 4) is 11.8 Å². The zero-order chi connectivity index (χ0) is 27.8. The van der Waals surface area contributed by atoms with E-state index in [-0.39, 0.29) is 48.2 Å². The summed E-state index contributed by atoms with van der Waals surface area (Å²) < 4.78 is 22.3. The maximum absolute atomic E-state index is 14.8. The number of hydrogen-bond donors (Lipinski definition) is 2. The van der Waals surface area contributed by atoms with Crippen molar-refractivity contribution in [2.45, 2.75) is 40.3 Å². The fourth-order valence-electron chi connectivity index (χ4n) is 3.37. The molecule has 196 valence electrons. The van der Waals surface area contributed by atoms with Gasteiger partial charge in [0.25, 0.3) is 0 Å². The molecule has 3 aromatic rings. The third kappa shape index (κ3) is 6.79. The average Bonchev–Trinajstić information content (AvgIpc) is 2.87. The van der Waals surface area contributed by atoms with E-state index in [1.54, 1.807) is 0 Å². The molecule has 0 amide bonds. The number of allylic oxidation sites excluding steroid dienone is 1. The number of aryl methyl sites for hydroxylation is 1. The number of aromatic nitrogens is 3. The van der Waals surface area contributed by atoms with E-state index in [2.05, 4.69) is 15.0 Å². The summed E-state index contributed by atoms with van der Waals surface area (Å²) in [4.78, 5) is 47.5. The van der Waals surface area contributed by atoms with Gasteiger partial charge in [0.1, 0.15) is 5.70 Å². The van der Waals surface area contributed by atoms with Gasteiger partial charge in [-0.3, -0.25) is 9.55 Å². The van der Waals surface area contributed by atoms with Crippen LogP contribution in [0.2, 0.25) is 0 Å². The first kappa shape index (κ1) is 27.5. The molecule has 12 heteroatoms. The molecule has 0 atom stereocenters. The molecule has 0 unspecified atom stereocenters. The van der Waals surface area contributed by atoms with Crippen LogP contribution in [0.1, 0.15) is 31.4 Å². The van der Waals surface area contributed by atoms with E-state index in [0.29, 0.717) is 0 Å². The molecule has 38 heavy (non-hydrogen) atoms. The molecule has 0 aliphatic carbocycles. The van der Waals surface area contributed by atoms with E-state index in [1.165, 1.54) is 36.6 Å². The molecule has 1 aromatic heterocycles. The molecular formula is C26H25FN6O5. The molecule has 0 fully saturated rings. The Morgan fingerprint density at radius 2 is 1.92 bits per heavy atom. The third-order valence-electron chi connectivity index (χ3n) is 5.27. The van der Waals surface area contributed by atoms with Crippen LogP contribution in [0.15, 0.2) is 73.8 Å². The van der Waals surface area contributed by atoms with Crippen LogP contribution in [0.25, 0.3) is 0 Å². The fraction of sp³-hybridized carbons (Fsp3) is 0.231. The lowest BCUT2D eigenvalue weighted by Crippen LogP contribution is -2.50. The van der Waals surface area contributed by atoms with Crippen LogP contribution in [-0.2, 0) is 17.9 Å². The highest BCUT2D eigenvalue weighted by molar-refractivity contribution is 5.90. The molecule has 3 rings (SSSR count). The quantitative estimate of drug-likeness (QED) is 0.264. The Labute approximate surface area is 216 Å².